The summed E-state index contributed by atoms with van der Waals surface area (Å²) in [5.74, 6) is -0.217. The zero-order chi connectivity index (χ0) is 12.0. The number of carbonyl (C=O) groups excluding carboxylic acids is 1. The minimum absolute atomic E-state index is 0.108. The van der Waals surface area contributed by atoms with Crippen LogP contribution in [0.2, 0.25) is 0 Å². The highest BCUT2D eigenvalue weighted by atomic mass is 32.2. The summed E-state index contributed by atoms with van der Waals surface area (Å²) in [7, 11) is -3.43. The first-order valence-electron chi connectivity index (χ1n) is 5.21. The van der Waals surface area contributed by atoms with Crippen molar-refractivity contribution in [1.29, 1.82) is 0 Å². The molecule has 1 saturated heterocycles. The van der Waals surface area contributed by atoms with Gasteiger partial charge in [0, 0.05) is 26.2 Å². The molecule has 5 N–H and O–H groups in total. The van der Waals surface area contributed by atoms with Gasteiger partial charge in [-0.3, -0.25) is 4.79 Å². The van der Waals surface area contributed by atoms with Crippen molar-refractivity contribution in [2.75, 3.05) is 31.9 Å². The molecule has 0 aromatic carbocycles. The fourth-order valence-electron chi connectivity index (χ4n) is 1.45. The van der Waals surface area contributed by atoms with Gasteiger partial charge in [-0.15, -0.1) is 0 Å². The van der Waals surface area contributed by atoms with Gasteiger partial charge >= 0.3 is 0 Å². The van der Waals surface area contributed by atoms with Crippen LogP contribution in [0.4, 0.5) is 0 Å². The lowest BCUT2D eigenvalue weighted by atomic mass is 10.2. The van der Waals surface area contributed by atoms with Crippen LogP contribution in [0.5, 0.6) is 0 Å². The highest BCUT2D eigenvalue weighted by molar-refractivity contribution is 7.89. The van der Waals surface area contributed by atoms with Crippen molar-refractivity contribution in [2.45, 2.75) is 12.5 Å². The van der Waals surface area contributed by atoms with Gasteiger partial charge in [0.05, 0.1) is 11.8 Å². The van der Waals surface area contributed by atoms with Crippen molar-refractivity contribution in [3.05, 3.63) is 0 Å². The maximum atomic E-state index is 11.5. The molecule has 1 aliphatic rings. The van der Waals surface area contributed by atoms with Gasteiger partial charge in [-0.05, 0) is 6.42 Å². The summed E-state index contributed by atoms with van der Waals surface area (Å²) >= 11 is 0. The highest BCUT2D eigenvalue weighted by Crippen LogP contribution is 1.89. The number of primary sulfonamides is 1. The van der Waals surface area contributed by atoms with Crippen LogP contribution in [0.3, 0.4) is 0 Å². The van der Waals surface area contributed by atoms with Crippen LogP contribution >= 0.6 is 0 Å². The van der Waals surface area contributed by atoms with E-state index in [4.69, 9.17) is 5.14 Å². The van der Waals surface area contributed by atoms with Gasteiger partial charge in [-0.2, -0.15) is 0 Å². The maximum Gasteiger partial charge on any atom is 0.238 e. The highest BCUT2D eigenvalue weighted by Gasteiger charge is 2.19. The number of amides is 1. The van der Waals surface area contributed by atoms with Gasteiger partial charge < -0.3 is 16.0 Å². The normalized spacial score (nSPS) is 21.7. The quantitative estimate of drug-likeness (QED) is 0.398. The van der Waals surface area contributed by atoms with Gasteiger partial charge in [-0.1, -0.05) is 0 Å². The van der Waals surface area contributed by atoms with Crippen LogP contribution in [0.15, 0.2) is 0 Å². The number of nitrogens with one attached hydrogen (secondary N) is 3. The molecule has 1 aliphatic heterocycles. The van der Waals surface area contributed by atoms with E-state index in [0.29, 0.717) is 19.5 Å². The zero-order valence-corrected chi connectivity index (χ0v) is 9.85. The Labute approximate surface area is 95.2 Å². The largest absolute Gasteiger partial charge is 0.355 e. The van der Waals surface area contributed by atoms with E-state index in [1.54, 1.807) is 0 Å². The monoisotopic (exact) mass is 250 g/mol. The first-order chi connectivity index (χ1) is 7.49. The Morgan fingerprint density at radius 3 is 2.75 bits per heavy atom. The Bertz CT molecular complexity index is 324. The third kappa shape index (κ3) is 5.40. The average molecular weight is 250 g/mol. The van der Waals surface area contributed by atoms with Gasteiger partial charge in [-0.25, -0.2) is 13.6 Å². The second kappa shape index (κ2) is 6.14. The first kappa shape index (κ1) is 13.4. The minimum atomic E-state index is -3.43. The molecule has 0 radical (unpaired) electrons. The van der Waals surface area contributed by atoms with Crippen molar-refractivity contribution < 1.29 is 13.2 Å². The lowest BCUT2D eigenvalue weighted by Crippen LogP contribution is -2.55. The molecule has 1 atom stereocenters. The molecule has 1 unspecified atom stereocenters. The number of carbonyl (C=O) groups is 1. The van der Waals surface area contributed by atoms with Crippen LogP contribution in [-0.4, -0.2) is 52.3 Å². The molecule has 0 aromatic heterocycles. The van der Waals surface area contributed by atoms with Crippen molar-refractivity contribution in [3.8, 4) is 0 Å². The summed E-state index contributed by atoms with van der Waals surface area (Å²) < 4.78 is 21.2. The molecule has 0 aromatic rings. The van der Waals surface area contributed by atoms with Gasteiger partial charge in [0.25, 0.3) is 0 Å². The zero-order valence-electron chi connectivity index (χ0n) is 9.03. The van der Waals surface area contributed by atoms with Gasteiger partial charge in [0.2, 0.25) is 15.9 Å². The van der Waals surface area contributed by atoms with E-state index in [-0.39, 0.29) is 17.7 Å². The number of hydrogen-bond donors (Lipinski definition) is 4. The number of nitrogens with two attached hydrogens (primary N) is 1. The summed E-state index contributed by atoms with van der Waals surface area (Å²) in [6, 6.07) is -0.233. The third-order valence-corrected chi connectivity index (χ3v) is 3.12. The van der Waals surface area contributed by atoms with E-state index in [1.165, 1.54) is 0 Å². The lowest BCUT2D eigenvalue weighted by Gasteiger charge is -2.23. The number of hydrogen-bond acceptors (Lipinski definition) is 5. The van der Waals surface area contributed by atoms with Crippen molar-refractivity contribution in [2.24, 2.45) is 5.14 Å². The Kier molecular flexibility index (Phi) is 5.13. The molecular formula is C8H18N4O3S. The lowest BCUT2D eigenvalue weighted by molar-refractivity contribution is -0.123. The van der Waals surface area contributed by atoms with Gasteiger partial charge in [0.1, 0.15) is 0 Å². The van der Waals surface area contributed by atoms with E-state index in [2.05, 4.69) is 16.0 Å². The molecule has 0 saturated carbocycles. The molecule has 94 valence electrons. The topological polar surface area (TPSA) is 113 Å². The molecule has 16 heavy (non-hydrogen) atoms. The van der Waals surface area contributed by atoms with E-state index in [0.717, 1.165) is 13.1 Å². The molecule has 0 spiro atoms. The van der Waals surface area contributed by atoms with Crippen LogP contribution in [0.25, 0.3) is 0 Å². The summed E-state index contributed by atoms with van der Waals surface area (Å²) in [6.07, 6.45) is 0.338. The minimum Gasteiger partial charge on any atom is -0.355 e. The second-order valence-electron chi connectivity index (χ2n) is 3.72. The van der Waals surface area contributed by atoms with Crippen LogP contribution in [0, 0.1) is 0 Å². The van der Waals surface area contributed by atoms with E-state index in [1.807, 2.05) is 0 Å². The number of rotatable bonds is 5. The summed E-state index contributed by atoms with van der Waals surface area (Å²) in [5.41, 5.74) is 0. The number of piperazine rings is 1. The molecule has 7 nitrogen and oxygen atoms in total. The fraction of sp³-hybridized carbons (Fsp3) is 0.875. The SMILES string of the molecule is NS(=O)(=O)CCCNC(=O)C1CNCCN1. The molecule has 1 heterocycles. The van der Waals surface area contributed by atoms with E-state index < -0.39 is 10.0 Å². The van der Waals surface area contributed by atoms with Crippen molar-refractivity contribution in [3.63, 3.8) is 0 Å². The number of sulfonamides is 1. The summed E-state index contributed by atoms with van der Waals surface area (Å²) in [5, 5.41) is 13.6. The molecular weight excluding hydrogens is 232 g/mol. The smallest absolute Gasteiger partial charge is 0.238 e. The molecule has 0 aliphatic carbocycles. The fourth-order valence-corrected chi connectivity index (χ4v) is 1.99. The first-order valence-corrected chi connectivity index (χ1v) is 6.93. The molecule has 1 fully saturated rings. The Morgan fingerprint density at radius 2 is 2.19 bits per heavy atom. The maximum absolute atomic E-state index is 11.5. The van der Waals surface area contributed by atoms with E-state index in [9.17, 15) is 13.2 Å². The third-order valence-electron chi connectivity index (χ3n) is 2.26. The Balaban J connectivity index is 2.14. The molecule has 1 amide bonds. The van der Waals surface area contributed by atoms with Crippen LogP contribution < -0.4 is 21.1 Å². The standard InChI is InChI=1S/C8H18N4O3S/c9-16(14,15)5-1-2-12-8(13)7-6-10-3-4-11-7/h7,10-11H,1-6H2,(H,12,13)(H2,9,14,15). The van der Waals surface area contributed by atoms with Crippen LogP contribution in [0.1, 0.15) is 6.42 Å². The van der Waals surface area contributed by atoms with Crippen molar-refractivity contribution >= 4 is 15.9 Å². The molecule has 8 heteroatoms. The van der Waals surface area contributed by atoms with Crippen molar-refractivity contribution in [1.82, 2.24) is 16.0 Å². The molecule has 1 rings (SSSR count). The Hall–Kier alpha value is -0.700. The average Bonchev–Trinajstić information content (AvgIpc) is 2.24. The predicted molar refractivity (Wildman–Crippen MR) is 60.3 cm³/mol. The molecule has 0 bridgehead atoms. The Morgan fingerprint density at radius 1 is 1.44 bits per heavy atom. The summed E-state index contributed by atoms with van der Waals surface area (Å²) in [6.45, 7) is 2.54. The predicted octanol–water partition coefficient (Wildman–Crippen LogP) is -2.66. The van der Waals surface area contributed by atoms with E-state index >= 15 is 0 Å². The van der Waals surface area contributed by atoms with Gasteiger partial charge in [0.15, 0.2) is 0 Å². The van der Waals surface area contributed by atoms with Crippen LogP contribution in [-0.2, 0) is 14.8 Å². The second-order valence-corrected chi connectivity index (χ2v) is 5.46. The summed E-state index contributed by atoms with van der Waals surface area (Å²) in [4.78, 5) is 11.5.